The third-order valence-electron chi connectivity index (χ3n) is 3.41. The number of benzene rings is 2. The molecule has 0 heterocycles. The van der Waals surface area contributed by atoms with Crippen LogP contribution >= 0.6 is 0 Å². The first-order valence-electron chi connectivity index (χ1n) is 7.01. The average Bonchev–Trinajstić information content (AvgIpc) is 2.48. The summed E-state index contributed by atoms with van der Waals surface area (Å²) in [7, 11) is 1.32. The Labute approximate surface area is 136 Å². The van der Waals surface area contributed by atoms with Crippen LogP contribution in [-0.4, -0.2) is 13.0 Å². The predicted molar refractivity (Wildman–Crippen MR) is 81.5 cm³/mol. The number of anilines is 1. The molecule has 0 atom stereocenters. The number of nitrogens with one attached hydrogen (secondary N) is 1. The Balaban J connectivity index is 2.11. The van der Waals surface area contributed by atoms with E-state index in [0.29, 0.717) is 5.56 Å². The van der Waals surface area contributed by atoms with E-state index in [1.165, 1.54) is 38.3 Å². The van der Waals surface area contributed by atoms with Crippen molar-refractivity contribution in [2.45, 2.75) is 19.5 Å². The molecule has 0 aliphatic heterocycles. The number of carbonyl (C=O) groups excluding carboxylic acids is 1. The zero-order valence-corrected chi connectivity index (χ0v) is 13.0. The molecule has 0 saturated carbocycles. The van der Waals surface area contributed by atoms with Gasteiger partial charge in [-0.1, -0.05) is 12.1 Å². The topological polar surface area (TPSA) is 38.3 Å². The molecule has 0 saturated heterocycles. The fourth-order valence-electron chi connectivity index (χ4n) is 2.22. The molecule has 0 bridgehead atoms. The average molecular weight is 341 g/mol. The first-order chi connectivity index (χ1) is 11.2. The maximum absolute atomic E-state index is 13.6. The van der Waals surface area contributed by atoms with Gasteiger partial charge in [0.25, 0.3) is 0 Å². The third kappa shape index (κ3) is 4.24. The minimum atomic E-state index is -4.50. The number of rotatable bonds is 4. The van der Waals surface area contributed by atoms with Crippen LogP contribution in [0.15, 0.2) is 36.4 Å². The first kappa shape index (κ1) is 17.8. The summed E-state index contributed by atoms with van der Waals surface area (Å²) in [6.07, 6.45) is -4.67. The van der Waals surface area contributed by atoms with Gasteiger partial charge in [-0.15, -0.1) is 0 Å². The lowest BCUT2D eigenvalue weighted by atomic mass is 10.1. The number of carbonyl (C=O) groups is 1. The fourth-order valence-corrected chi connectivity index (χ4v) is 2.22. The fraction of sp³-hybridized carbons (Fsp3) is 0.235. The lowest BCUT2D eigenvalue weighted by Crippen LogP contribution is -2.16. The number of aryl methyl sites for hydroxylation is 1. The van der Waals surface area contributed by atoms with Crippen molar-refractivity contribution < 1.29 is 27.1 Å². The van der Waals surface area contributed by atoms with Gasteiger partial charge in [0.05, 0.1) is 19.1 Å². The Morgan fingerprint density at radius 3 is 2.46 bits per heavy atom. The van der Waals surface area contributed by atoms with Gasteiger partial charge in [0.1, 0.15) is 0 Å². The maximum atomic E-state index is 13.6. The zero-order chi connectivity index (χ0) is 17.9. The lowest BCUT2D eigenvalue weighted by molar-refractivity contribution is -0.138. The van der Waals surface area contributed by atoms with Crippen LogP contribution in [0.1, 0.15) is 16.7 Å². The van der Waals surface area contributed by atoms with E-state index in [-0.39, 0.29) is 23.4 Å². The third-order valence-corrected chi connectivity index (χ3v) is 3.41. The maximum Gasteiger partial charge on any atom is 0.416 e. The molecule has 0 aromatic heterocycles. The molecule has 0 fully saturated rings. The molecule has 2 rings (SSSR count). The first-order valence-corrected chi connectivity index (χ1v) is 7.01. The van der Waals surface area contributed by atoms with E-state index in [2.05, 4.69) is 5.32 Å². The van der Waals surface area contributed by atoms with Crippen molar-refractivity contribution in [3.8, 4) is 5.75 Å². The summed E-state index contributed by atoms with van der Waals surface area (Å²) in [4.78, 5) is 11.9. The van der Waals surface area contributed by atoms with Crippen molar-refractivity contribution in [3.63, 3.8) is 0 Å². The van der Waals surface area contributed by atoms with E-state index in [4.69, 9.17) is 4.74 Å². The zero-order valence-electron chi connectivity index (χ0n) is 13.0. The van der Waals surface area contributed by atoms with Crippen LogP contribution in [-0.2, 0) is 17.4 Å². The number of hydrogen-bond donors (Lipinski definition) is 1. The molecule has 0 spiro atoms. The molecule has 2 aromatic carbocycles. The summed E-state index contributed by atoms with van der Waals surface area (Å²) in [6, 6.07) is 7.59. The van der Waals surface area contributed by atoms with Crippen LogP contribution in [0.5, 0.6) is 5.75 Å². The van der Waals surface area contributed by atoms with Gasteiger partial charge in [-0.25, -0.2) is 4.39 Å². The van der Waals surface area contributed by atoms with Gasteiger partial charge in [0, 0.05) is 5.69 Å². The smallest absolute Gasteiger partial charge is 0.416 e. The molecular formula is C17H15F4NO2. The number of halogens is 4. The Morgan fingerprint density at radius 1 is 1.17 bits per heavy atom. The molecular weight excluding hydrogens is 326 g/mol. The Bertz CT molecular complexity index is 757. The summed E-state index contributed by atoms with van der Waals surface area (Å²) in [5.41, 5.74) is -0.325. The van der Waals surface area contributed by atoms with Crippen molar-refractivity contribution in [2.24, 2.45) is 0 Å². The highest BCUT2D eigenvalue weighted by Crippen LogP contribution is 2.33. The lowest BCUT2D eigenvalue weighted by Gasteiger charge is -2.13. The van der Waals surface area contributed by atoms with Crippen molar-refractivity contribution in [1.29, 1.82) is 0 Å². The van der Waals surface area contributed by atoms with Gasteiger partial charge in [-0.2, -0.15) is 13.2 Å². The summed E-state index contributed by atoms with van der Waals surface area (Å²) in [6.45, 7) is 1.34. The van der Waals surface area contributed by atoms with E-state index in [1.807, 2.05) is 0 Å². The van der Waals surface area contributed by atoms with Gasteiger partial charge < -0.3 is 10.1 Å². The molecule has 24 heavy (non-hydrogen) atoms. The number of alkyl halides is 3. The SMILES string of the molecule is COc1ccc(CC(=O)Nc2ccc(C)c(C(F)(F)F)c2)cc1F. The summed E-state index contributed by atoms with van der Waals surface area (Å²) >= 11 is 0. The Kier molecular flexibility index (Phi) is 5.11. The van der Waals surface area contributed by atoms with Gasteiger partial charge in [-0.05, 0) is 42.3 Å². The summed E-state index contributed by atoms with van der Waals surface area (Å²) in [5, 5.41) is 2.39. The minimum Gasteiger partial charge on any atom is -0.494 e. The second-order valence-corrected chi connectivity index (χ2v) is 5.22. The van der Waals surface area contributed by atoms with Gasteiger partial charge in [0.2, 0.25) is 5.91 Å². The molecule has 128 valence electrons. The van der Waals surface area contributed by atoms with Crippen LogP contribution in [0.4, 0.5) is 23.2 Å². The van der Waals surface area contributed by atoms with E-state index in [0.717, 1.165) is 12.1 Å². The van der Waals surface area contributed by atoms with Crippen LogP contribution in [0, 0.1) is 12.7 Å². The summed E-state index contributed by atoms with van der Waals surface area (Å²) < 4.78 is 56.9. The second-order valence-electron chi connectivity index (χ2n) is 5.22. The molecule has 7 heteroatoms. The number of ether oxygens (including phenoxy) is 1. The van der Waals surface area contributed by atoms with Crippen LogP contribution in [0.2, 0.25) is 0 Å². The van der Waals surface area contributed by atoms with Crippen LogP contribution < -0.4 is 10.1 Å². The number of amides is 1. The highest BCUT2D eigenvalue weighted by molar-refractivity contribution is 5.92. The number of hydrogen-bond acceptors (Lipinski definition) is 2. The largest absolute Gasteiger partial charge is 0.494 e. The molecule has 0 aliphatic carbocycles. The molecule has 1 amide bonds. The van der Waals surface area contributed by atoms with Crippen LogP contribution in [0.3, 0.4) is 0 Å². The van der Waals surface area contributed by atoms with E-state index >= 15 is 0 Å². The monoisotopic (exact) mass is 341 g/mol. The van der Waals surface area contributed by atoms with Gasteiger partial charge in [0.15, 0.2) is 11.6 Å². The molecule has 1 N–H and O–H groups in total. The highest BCUT2D eigenvalue weighted by atomic mass is 19.4. The molecule has 0 radical (unpaired) electrons. The summed E-state index contributed by atoms with van der Waals surface area (Å²) in [5.74, 6) is -1.11. The molecule has 2 aromatic rings. The number of methoxy groups -OCH3 is 1. The van der Waals surface area contributed by atoms with Gasteiger partial charge in [-0.3, -0.25) is 4.79 Å². The Morgan fingerprint density at radius 2 is 1.88 bits per heavy atom. The molecule has 3 nitrogen and oxygen atoms in total. The molecule has 0 unspecified atom stereocenters. The quantitative estimate of drug-likeness (QED) is 0.840. The normalized spacial score (nSPS) is 11.2. The van der Waals surface area contributed by atoms with E-state index in [1.54, 1.807) is 0 Å². The second kappa shape index (κ2) is 6.90. The predicted octanol–water partition coefficient (Wildman–Crippen LogP) is 4.34. The Hall–Kier alpha value is -2.57. The highest BCUT2D eigenvalue weighted by Gasteiger charge is 2.32. The van der Waals surface area contributed by atoms with Gasteiger partial charge >= 0.3 is 6.18 Å². The van der Waals surface area contributed by atoms with Crippen molar-refractivity contribution in [1.82, 2.24) is 0 Å². The van der Waals surface area contributed by atoms with Crippen molar-refractivity contribution in [3.05, 3.63) is 58.9 Å². The standard InChI is InChI=1S/C17H15F4NO2/c1-10-3-5-12(9-13(10)17(19,20)21)22-16(23)8-11-4-6-15(24-2)14(18)7-11/h3-7,9H,8H2,1-2H3,(H,22,23). The van der Waals surface area contributed by atoms with Crippen molar-refractivity contribution >= 4 is 11.6 Å². The van der Waals surface area contributed by atoms with Crippen molar-refractivity contribution in [2.75, 3.05) is 12.4 Å². The molecule has 0 aliphatic rings. The minimum absolute atomic E-state index is 0.0342. The van der Waals surface area contributed by atoms with E-state index in [9.17, 15) is 22.4 Å². The van der Waals surface area contributed by atoms with E-state index < -0.39 is 23.5 Å². The van der Waals surface area contributed by atoms with Crippen LogP contribution in [0.25, 0.3) is 0 Å².